The zero-order chi connectivity index (χ0) is 20.3. The number of nitrogens with one attached hydrogen (secondary N) is 2. The molecule has 0 spiro atoms. The van der Waals surface area contributed by atoms with Crippen LogP contribution in [0.25, 0.3) is 0 Å². The second-order valence-corrected chi connectivity index (χ2v) is 8.57. The van der Waals surface area contributed by atoms with Crippen LogP contribution in [0.5, 0.6) is 0 Å². The SMILES string of the molecule is Cn1cccc1C(=O)NC1CC2C(=O)NC3CCN(C(=O)C4CC4)C3C(=O)N2C1. The molecule has 1 saturated carbocycles. The average molecular weight is 399 g/mol. The van der Waals surface area contributed by atoms with E-state index < -0.39 is 12.1 Å². The lowest BCUT2D eigenvalue weighted by Crippen LogP contribution is -2.53. The molecule has 29 heavy (non-hydrogen) atoms. The number of rotatable bonds is 3. The van der Waals surface area contributed by atoms with Crippen LogP contribution in [0.3, 0.4) is 0 Å². The third-order valence-electron chi connectivity index (χ3n) is 6.59. The third kappa shape index (κ3) is 2.99. The maximum Gasteiger partial charge on any atom is 0.268 e. The Morgan fingerprint density at radius 2 is 2.00 bits per heavy atom. The zero-order valence-electron chi connectivity index (χ0n) is 16.3. The Morgan fingerprint density at radius 1 is 1.21 bits per heavy atom. The smallest absolute Gasteiger partial charge is 0.268 e. The van der Waals surface area contributed by atoms with Crippen molar-refractivity contribution >= 4 is 23.6 Å². The summed E-state index contributed by atoms with van der Waals surface area (Å²) in [5.74, 6) is -0.529. The van der Waals surface area contributed by atoms with E-state index in [1.807, 2.05) is 0 Å². The number of nitrogens with zero attached hydrogens (tertiary/aromatic N) is 3. The van der Waals surface area contributed by atoms with E-state index in [0.29, 0.717) is 25.1 Å². The molecule has 4 fully saturated rings. The minimum Gasteiger partial charge on any atom is -0.349 e. The summed E-state index contributed by atoms with van der Waals surface area (Å²) in [7, 11) is 1.79. The topological polar surface area (TPSA) is 104 Å². The first-order valence-electron chi connectivity index (χ1n) is 10.3. The van der Waals surface area contributed by atoms with E-state index in [-0.39, 0.29) is 48.2 Å². The number of carbonyl (C=O) groups is 4. The Morgan fingerprint density at radius 3 is 2.69 bits per heavy atom. The van der Waals surface area contributed by atoms with Gasteiger partial charge in [-0.05, 0) is 37.8 Å². The standard InChI is InChI=1S/C20H25N5O4/c1-23-7-2-3-14(23)17(26)21-12-9-15-18(27)22-13-6-8-24(19(28)11-4-5-11)16(13)20(29)25(15)10-12/h2-3,7,11-13,15-16H,4-6,8-10H2,1H3,(H,21,26)(H,22,27). The van der Waals surface area contributed by atoms with Gasteiger partial charge >= 0.3 is 0 Å². The largest absolute Gasteiger partial charge is 0.349 e. The van der Waals surface area contributed by atoms with E-state index >= 15 is 0 Å². The van der Waals surface area contributed by atoms with E-state index in [4.69, 9.17) is 0 Å². The number of hydrogen-bond donors (Lipinski definition) is 2. The number of aryl methyl sites for hydroxylation is 1. The van der Waals surface area contributed by atoms with Crippen molar-refractivity contribution in [3.05, 3.63) is 24.0 Å². The van der Waals surface area contributed by atoms with Gasteiger partial charge in [0.1, 0.15) is 17.8 Å². The molecule has 5 rings (SSSR count). The minimum absolute atomic E-state index is 0.0336. The summed E-state index contributed by atoms with van der Waals surface area (Å²) in [5.41, 5.74) is 0.528. The van der Waals surface area contributed by atoms with Crippen LogP contribution in [0.15, 0.2) is 18.3 Å². The molecular formula is C20H25N5O4. The van der Waals surface area contributed by atoms with Crippen LogP contribution >= 0.6 is 0 Å². The summed E-state index contributed by atoms with van der Waals surface area (Å²) in [4.78, 5) is 54.6. The van der Waals surface area contributed by atoms with E-state index in [0.717, 1.165) is 12.8 Å². The van der Waals surface area contributed by atoms with Gasteiger partial charge < -0.3 is 25.0 Å². The average Bonchev–Trinajstić information content (AvgIpc) is 3.13. The molecule has 4 amide bonds. The van der Waals surface area contributed by atoms with Crippen molar-refractivity contribution < 1.29 is 19.2 Å². The fraction of sp³-hybridized carbons (Fsp3) is 0.600. The quantitative estimate of drug-likeness (QED) is 0.697. The van der Waals surface area contributed by atoms with Crippen LogP contribution in [0, 0.1) is 5.92 Å². The third-order valence-corrected chi connectivity index (χ3v) is 6.59. The first-order chi connectivity index (χ1) is 13.9. The Kier molecular flexibility index (Phi) is 4.15. The summed E-state index contributed by atoms with van der Waals surface area (Å²) < 4.78 is 1.73. The van der Waals surface area contributed by atoms with Gasteiger partial charge in [-0.15, -0.1) is 0 Å². The summed E-state index contributed by atoms with van der Waals surface area (Å²) in [6.45, 7) is 0.782. The molecule has 1 aliphatic carbocycles. The highest BCUT2D eigenvalue weighted by Gasteiger charge is 2.53. The highest BCUT2D eigenvalue weighted by Crippen LogP contribution is 2.35. The summed E-state index contributed by atoms with van der Waals surface area (Å²) in [6, 6.07) is 1.66. The second-order valence-electron chi connectivity index (χ2n) is 8.57. The van der Waals surface area contributed by atoms with Gasteiger partial charge in [0.05, 0.1) is 6.04 Å². The number of aromatic nitrogens is 1. The van der Waals surface area contributed by atoms with Gasteiger partial charge in [0, 0.05) is 38.3 Å². The maximum atomic E-state index is 13.3. The summed E-state index contributed by atoms with van der Waals surface area (Å²) in [6.07, 6.45) is 4.54. The fourth-order valence-corrected chi connectivity index (χ4v) is 4.90. The summed E-state index contributed by atoms with van der Waals surface area (Å²) in [5, 5.41) is 5.93. The lowest BCUT2D eigenvalue weighted by Gasteiger charge is -2.29. The van der Waals surface area contributed by atoms with E-state index in [1.165, 1.54) is 0 Å². The van der Waals surface area contributed by atoms with Crippen molar-refractivity contribution in [2.75, 3.05) is 13.1 Å². The Labute approximate surface area is 168 Å². The predicted molar refractivity (Wildman–Crippen MR) is 102 cm³/mol. The molecule has 0 bridgehead atoms. The highest BCUT2D eigenvalue weighted by molar-refractivity contribution is 5.97. The molecule has 0 radical (unpaired) electrons. The van der Waals surface area contributed by atoms with Crippen molar-refractivity contribution in [1.82, 2.24) is 25.0 Å². The molecule has 1 aromatic heterocycles. The molecule has 4 heterocycles. The molecule has 0 aromatic carbocycles. The normalized spacial score (nSPS) is 31.2. The zero-order valence-corrected chi connectivity index (χ0v) is 16.3. The van der Waals surface area contributed by atoms with E-state index in [1.54, 1.807) is 39.7 Å². The molecule has 4 atom stereocenters. The van der Waals surface area contributed by atoms with Crippen molar-refractivity contribution in [3.8, 4) is 0 Å². The number of likely N-dealkylation sites (tertiary alicyclic amines) is 1. The number of carbonyl (C=O) groups excluding carboxylic acids is 4. The summed E-state index contributed by atoms with van der Waals surface area (Å²) >= 11 is 0. The van der Waals surface area contributed by atoms with Gasteiger partial charge in [0.2, 0.25) is 17.7 Å². The molecule has 9 heteroatoms. The molecule has 3 aliphatic heterocycles. The molecule has 9 nitrogen and oxygen atoms in total. The Hall–Kier alpha value is -2.84. The second kappa shape index (κ2) is 6.60. The van der Waals surface area contributed by atoms with Gasteiger partial charge in [-0.3, -0.25) is 19.2 Å². The van der Waals surface area contributed by atoms with Crippen LogP contribution in [-0.4, -0.2) is 75.3 Å². The molecule has 154 valence electrons. The van der Waals surface area contributed by atoms with Gasteiger partial charge in [-0.2, -0.15) is 0 Å². The van der Waals surface area contributed by atoms with Crippen molar-refractivity contribution in [2.45, 2.75) is 49.9 Å². The monoisotopic (exact) mass is 399 g/mol. The lowest BCUT2D eigenvalue weighted by molar-refractivity contribution is -0.145. The number of hydrogen-bond acceptors (Lipinski definition) is 4. The van der Waals surface area contributed by atoms with Gasteiger partial charge in [0.15, 0.2) is 0 Å². The van der Waals surface area contributed by atoms with Crippen LogP contribution in [-0.2, 0) is 21.4 Å². The van der Waals surface area contributed by atoms with Gasteiger partial charge in [-0.25, -0.2) is 0 Å². The highest BCUT2D eigenvalue weighted by atomic mass is 16.2. The van der Waals surface area contributed by atoms with Crippen molar-refractivity contribution in [2.24, 2.45) is 13.0 Å². The molecule has 2 N–H and O–H groups in total. The van der Waals surface area contributed by atoms with Crippen molar-refractivity contribution in [1.29, 1.82) is 0 Å². The number of fused-ring (bicyclic) bond motifs is 2. The fourth-order valence-electron chi connectivity index (χ4n) is 4.90. The van der Waals surface area contributed by atoms with Crippen molar-refractivity contribution in [3.63, 3.8) is 0 Å². The lowest BCUT2D eigenvalue weighted by atomic mass is 10.1. The molecule has 1 aromatic rings. The Balaban J connectivity index is 1.33. The van der Waals surface area contributed by atoms with Crippen LogP contribution < -0.4 is 10.6 Å². The Bertz CT molecular complexity index is 891. The maximum absolute atomic E-state index is 13.3. The molecule has 4 unspecified atom stereocenters. The van der Waals surface area contributed by atoms with Crippen LogP contribution in [0.2, 0.25) is 0 Å². The first kappa shape index (κ1) is 18.2. The van der Waals surface area contributed by atoms with E-state index in [2.05, 4.69) is 10.6 Å². The number of amides is 4. The first-order valence-corrected chi connectivity index (χ1v) is 10.3. The van der Waals surface area contributed by atoms with E-state index in [9.17, 15) is 19.2 Å². The van der Waals surface area contributed by atoms with Gasteiger partial charge in [0.25, 0.3) is 5.91 Å². The van der Waals surface area contributed by atoms with Gasteiger partial charge in [-0.1, -0.05) is 0 Å². The predicted octanol–water partition coefficient (Wildman–Crippen LogP) is -0.766. The molecular weight excluding hydrogens is 374 g/mol. The minimum atomic E-state index is -0.626. The van der Waals surface area contributed by atoms with Crippen LogP contribution in [0.1, 0.15) is 36.2 Å². The molecule has 3 saturated heterocycles. The molecule has 4 aliphatic rings. The van der Waals surface area contributed by atoms with Crippen LogP contribution in [0.4, 0.5) is 0 Å².